The van der Waals surface area contributed by atoms with Crippen molar-refractivity contribution in [3.8, 4) is 11.3 Å². The van der Waals surface area contributed by atoms with Crippen LogP contribution in [0.3, 0.4) is 0 Å². The molecule has 1 aromatic carbocycles. The molecule has 0 atom stereocenters. The first kappa shape index (κ1) is 7.61. The fourth-order valence-corrected chi connectivity index (χ4v) is 1.90. The van der Waals surface area contributed by atoms with Crippen LogP contribution in [0.5, 0.6) is 0 Å². The lowest BCUT2D eigenvalue weighted by Crippen LogP contribution is -2.31. The Kier molecular flexibility index (Phi) is 1.95. The average molecular weight is 215 g/mol. The lowest BCUT2D eigenvalue weighted by atomic mass is 10.0. The zero-order valence-corrected chi connectivity index (χ0v) is 9.91. The molecule has 0 fully saturated rings. The number of pyridine rings is 1. The second-order valence-corrected chi connectivity index (χ2v) is 4.23. The second-order valence-electron chi connectivity index (χ2n) is 4.23. The van der Waals surface area contributed by atoms with Gasteiger partial charge in [0.2, 0.25) is 5.69 Å². The Morgan fingerprint density at radius 1 is 1.06 bits per heavy atom. The maximum absolute atomic E-state index is 7.44. The molecule has 0 saturated heterocycles. The number of nitrogens with zero attached hydrogens (tertiary/aromatic N) is 1. The van der Waals surface area contributed by atoms with E-state index in [4.69, 9.17) is 4.11 Å². The Hall–Kier alpha value is -1.63. The third-order valence-electron chi connectivity index (χ3n) is 2.80. The summed E-state index contributed by atoms with van der Waals surface area (Å²) in [4.78, 5) is 0. The molecule has 0 radical (unpaired) electrons. The van der Waals surface area contributed by atoms with Gasteiger partial charge in [0.05, 0.1) is 0 Å². The van der Waals surface area contributed by atoms with Gasteiger partial charge in [0.25, 0.3) is 0 Å². The number of benzene rings is 1. The van der Waals surface area contributed by atoms with Crippen molar-refractivity contribution in [3.05, 3.63) is 53.2 Å². The lowest BCUT2D eigenvalue weighted by molar-refractivity contribution is -0.660. The van der Waals surface area contributed by atoms with Crippen LogP contribution in [0.25, 0.3) is 11.3 Å². The van der Waals surface area contributed by atoms with E-state index < -0.39 is 6.85 Å². The minimum atomic E-state index is -2.06. The molecule has 82 valence electrons. The van der Waals surface area contributed by atoms with Crippen molar-refractivity contribution in [1.29, 1.82) is 0 Å². The molecule has 0 aliphatic rings. The predicted molar refractivity (Wildman–Crippen MR) is 67.3 cm³/mol. The van der Waals surface area contributed by atoms with Gasteiger partial charge in [0.1, 0.15) is 7.05 Å². The van der Waals surface area contributed by atoms with E-state index in [9.17, 15) is 0 Å². The van der Waals surface area contributed by atoms with Crippen LogP contribution in [-0.4, -0.2) is 0 Å². The molecule has 2 rings (SSSR count). The number of hydrogen-bond donors (Lipinski definition) is 0. The molecule has 0 aliphatic heterocycles. The molecule has 0 spiro atoms. The highest BCUT2D eigenvalue weighted by Crippen LogP contribution is 2.21. The van der Waals surface area contributed by atoms with Crippen LogP contribution in [0.4, 0.5) is 0 Å². The average Bonchev–Trinajstić information content (AvgIpc) is 2.31. The molecule has 1 heteroatoms. The molecule has 1 heterocycles. The fraction of sp³-hybridized carbons (Fsp3) is 0.267. The van der Waals surface area contributed by atoms with Gasteiger partial charge in [-0.2, -0.15) is 0 Å². The smallest absolute Gasteiger partial charge is 0.201 e. The zero-order chi connectivity index (χ0) is 14.2. The van der Waals surface area contributed by atoms with Crippen LogP contribution in [0.15, 0.2) is 36.5 Å². The number of rotatable bonds is 1. The van der Waals surface area contributed by atoms with Gasteiger partial charge < -0.3 is 0 Å². The SMILES string of the molecule is [2H]C([2H])([2H])c1ccc(-c2cc(C)ccc2C)[n+](C)c1. The molecular formula is C15H18N+. The van der Waals surface area contributed by atoms with Gasteiger partial charge in [0, 0.05) is 21.3 Å². The molecule has 2 aromatic rings. The first-order valence-corrected chi connectivity index (χ1v) is 5.37. The molecule has 0 bridgehead atoms. The summed E-state index contributed by atoms with van der Waals surface area (Å²) in [5.74, 6) is 0. The summed E-state index contributed by atoms with van der Waals surface area (Å²) < 4.78 is 24.2. The summed E-state index contributed by atoms with van der Waals surface area (Å²) >= 11 is 0. The van der Waals surface area contributed by atoms with Crippen molar-refractivity contribution in [1.82, 2.24) is 0 Å². The summed E-state index contributed by atoms with van der Waals surface area (Å²) in [6.07, 6.45) is 1.68. The van der Waals surface area contributed by atoms with Gasteiger partial charge in [-0.05, 0) is 38.4 Å². The van der Waals surface area contributed by atoms with Gasteiger partial charge in [-0.1, -0.05) is 17.7 Å². The minimum absolute atomic E-state index is 0.365. The van der Waals surface area contributed by atoms with Crippen molar-refractivity contribution in [3.63, 3.8) is 0 Å². The highest BCUT2D eigenvalue weighted by molar-refractivity contribution is 5.61. The topological polar surface area (TPSA) is 3.88 Å². The van der Waals surface area contributed by atoms with Gasteiger partial charge in [-0.25, -0.2) is 4.57 Å². The van der Waals surface area contributed by atoms with E-state index in [0.717, 1.165) is 11.3 Å². The number of aryl methyl sites for hydroxylation is 4. The summed E-state index contributed by atoms with van der Waals surface area (Å²) in [6.45, 7) is 2.06. The highest BCUT2D eigenvalue weighted by Gasteiger charge is 2.11. The lowest BCUT2D eigenvalue weighted by Gasteiger charge is -2.05. The van der Waals surface area contributed by atoms with Crippen LogP contribution in [-0.2, 0) is 7.05 Å². The number of hydrogen-bond acceptors (Lipinski definition) is 0. The van der Waals surface area contributed by atoms with Gasteiger partial charge in [-0.3, -0.25) is 0 Å². The summed E-state index contributed by atoms with van der Waals surface area (Å²) in [6, 6.07) is 9.85. The Morgan fingerprint density at radius 3 is 2.50 bits per heavy atom. The molecule has 0 saturated carbocycles. The number of aromatic nitrogens is 1. The Bertz CT molecular complexity index is 615. The molecule has 0 aliphatic carbocycles. The monoisotopic (exact) mass is 215 g/mol. The maximum Gasteiger partial charge on any atom is 0.212 e. The van der Waals surface area contributed by atoms with Crippen LogP contribution in [0, 0.1) is 20.7 Å². The molecule has 0 unspecified atom stereocenters. The van der Waals surface area contributed by atoms with E-state index in [1.165, 1.54) is 11.1 Å². The molecule has 0 N–H and O–H groups in total. The minimum Gasteiger partial charge on any atom is -0.201 e. The molecule has 1 aromatic heterocycles. The van der Waals surface area contributed by atoms with E-state index in [-0.39, 0.29) is 0 Å². The molecule has 0 amide bonds. The van der Waals surface area contributed by atoms with E-state index in [2.05, 4.69) is 32.0 Å². The van der Waals surface area contributed by atoms with Gasteiger partial charge in [-0.15, -0.1) is 0 Å². The third-order valence-corrected chi connectivity index (χ3v) is 2.80. The van der Waals surface area contributed by atoms with Gasteiger partial charge >= 0.3 is 0 Å². The quantitative estimate of drug-likeness (QED) is 0.644. The Labute approximate surface area is 102 Å². The summed E-state index contributed by atoms with van der Waals surface area (Å²) in [5, 5.41) is 0. The van der Waals surface area contributed by atoms with E-state index in [0.29, 0.717) is 5.56 Å². The summed E-state index contributed by atoms with van der Waals surface area (Å²) in [5.41, 5.74) is 4.90. The van der Waals surface area contributed by atoms with Crippen molar-refractivity contribution < 1.29 is 8.68 Å². The van der Waals surface area contributed by atoms with Crippen LogP contribution >= 0.6 is 0 Å². The zero-order valence-electron chi connectivity index (χ0n) is 12.9. The van der Waals surface area contributed by atoms with Crippen LogP contribution in [0.2, 0.25) is 0 Å². The van der Waals surface area contributed by atoms with Crippen molar-refractivity contribution >= 4 is 0 Å². The predicted octanol–water partition coefficient (Wildman–Crippen LogP) is 3.10. The van der Waals surface area contributed by atoms with E-state index in [1.54, 1.807) is 12.3 Å². The standard InChI is InChI=1S/C15H18N/c1-11-5-7-13(3)14(9-11)15-8-6-12(2)10-16(15)4/h5-10H,1-4H3/q+1/i2D3. The molecular weight excluding hydrogens is 194 g/mol. The first-order chi connectivity index (χ1) is 8.79. The fourth-order valence-electron chi connectivity index (χ4n) is 1.90. The van der Waals surface area contributed by atoms with E-state index in [1.807, 2.05) is 17.7 Å². The largest absolute Gasteiger partial charge is 0.212 e. The van der Waals surface area contributed by atoms with E-state index >= 15 is 0 Å². The molecule has 16 heavy (non-hydrogen) atoms. The third kappa shape index (κ3) is 1.99. The Balaban J connectivity index is 2.55. The highest BCUT2D eigenvalue weighted by atomic mass is 14.9. The Morgan fingerprint density at radius 2 is 1.81 bits per heavy atom. The second kappa shape index (κ2) is 4.09. The normalized spacial score (nSPS) is 14.1. The molecule has 1 nitrogen and oxygen atoms in total. The first-order valence-electron chi connectivity index (χ1n) is 6.87. The van der Waals surface area contributed by atoms with Crippen molar-refractivity contribution in [2.24, 2.45) is 7.05 Å². The van der Waals surface area contributed by atoms with Gasteiger partial charge in [0.15, 0.2) is 6.20 Å². The van der Waals surface area contributed by atoms with Crippen molar-refractivity contribution in [2.45, 2.75) is 20.7 Å². The maximum atomic E-state index is 7.44. The van der Waals surface area contributed by atoms with Crippen LogP contribution in [0.1, 0.15) is 20.8 Å². The van der Waals surface area contributed by atoms with Crippen molar-refractivity contribution in [2.75, 3.05) is 0 Å². The van der Waals surface area contributed by atoms with Crippen LogP contribution < -0.4 is 4.57 Å². The summed E-state index contributed by atoms with van der Waals surface area (Å²) in [7, 11) is 1.88.